The average Bonchev–Trinajstić information content (AvgIpc) is 2.31. The van der Waals surface area contributed by atoms with Crippen LogP contribution in [0.3, 0.4) is 0 Å². The molecule has 0 bridgehead atoms. The lowest BCUT2D eigenvalue weighted by Gasteiger charge is -2.24. The number of methoxy groups -OCH3 is 1. The van der Waals surface area contributed by atoms with Crippen LogP contribution in [0.1, 0.15) is 13.3 Å². The van der Waals surface area contributed by atoms with E-state index in [4.69, 9.17) is 0 Å². The van der Waals surface area contributed by atoms with Gasteiger partial charge in [-0.1, -0.05) is 6.92 Å². The Morgan fingerprint density at radius 2 is 1.88 bits per heavy atom. The number of carbonyl (C=O) groups is 2. The predicted molar refractivity (Wildman–Crippen MR) is 65.0 cm³/mol. The minimum Gasteiger partial charge on any atom is -0.451 e. The molecule has 0 saturated carbocycles. The topological polar surface area (TPSA) is 74.2 Å². The molecule has 0 unspecified atom stereocenters. The van der Waals surface area contributed by atoms with Crippen LogP contribution < -0.4 is 5.32 Å². The number of amides is 3. The lowest BCUT2D eigenvalue weighted by molar-refractivity contribution is 0.181. The second-order valence-corrected chi connectivity index (χ2v) is 3.57. The van der Waals surface area contributed by atoms with Gasteiger partial charge in [0, 0.05) is 27.7 Å². The van der Waals surface area contributed by atoms with Gasteiger partial charge in [-0.05, 0) is 6.42 Å². The van der Waals surface area contributed by atoms with Crippen LogP contribution in [0.2, 0.25) is 0 Å². The highest BCUT2D eigenvalue weighted by Gasteiger charge is 2.17. The van der Waals surface area contributed by atoms with E-state index in [0.29, 0.717) is 6.54 Å². The number of nitrogens with one attached hydrogen (secondary N) is 1. The molecule has 7 nitrogen and oxygen atoms in total. The summed E-state index contributed by atoms with van der Waals surface area (Å²) in [5.74, 6) is 0.213. The molecule has 0 aromatic rings. The fourth-order valence-corrected chi connectivity index (χ4v) is 1.04. The molecule has 7 heteroatoms. The van der Waals surface area contributed by atoms with Crippen LogP contribution in [0.25, 0.3) is 0 Å². The monoisotopic (exact) mass is 244 g/mol. The smallest absolute Gasteiger partial charge is 0.436 e. The first-order chi connectivity index (χ1) is 7.93. The molecule has 0 aliphatic heterocycles. The molecule has 17 heavy (non-hydrogen) atoms. The third-order valence-electron chi connectivity index (χ3n) is 1.90. The highest BCUT2D eigenvalue weighted by Crippen LogP contribution is 1.95. The number of hydrogen-bond acceptors (Lipinski definition) is 3. The lowest BCUT2D eigenvalue weighted by Crippen LogP contribution is -2.47. The maximum atomic E-state index is 11.7. The second kappa shape index (κ2) is 7.48. The second-order valence-electron chi connectivity index (χ2n) is 3.57. The van der Waals surface area contributed by atoms with E-state index in [0.717, 1.165) is 6.42 Å². The van der Waals surface area contributed by atoms with Gasteiger partial charge in [0.15, 0.2) is 0 Å². The molecule has 0 aliphatic carbocycles. The van der Waals surface area contributed by atoms with E-state index in [1.54, 1.807) is 19.0 Å². The number of ether oxygens (including phenoxy) is 1. The van der Waals surface area contributed by atoms with Crippen molar-refractivity contribution in [3.63, 3.8) is 0 Å². The van der Waals surface area contributed by atoms with E-state index in [1.165, 1.54) is 19.1 Å². The van der Waals surface area contributed by atoms with E-state index >= 15 is 0 Å². The largest absolute Gasteiger partial charge is 0.451 e. The van der Waals surface area contributed by atoms with Crippen molar-refractivity contribution in [1.29, 1.82) is 0 Å². The average molecular weight is 244 g/mol. The highest BCUT2D eigenvalue weighted by atomic mass is 16.5. The molecule has 3 amide bonds. The first-order valence-corrected chi connectivity index (χ1v) is 5.29. The van der Waals surface area contributed by atoms with E-state index in [1.807, 2.05) is 6.92 Å². The molecule has 0 radical (unpaired) electrons. The van der Waals surface area contributed by atoms with Gasteiger partial charge >= 0.3 is 12.1 Å². The fraction of sp³-hybridized carbons (Fsp3) is 0.700. The third kappa shape index (κ3) is 5.19. The molecule has 0 spiro atoms. The van der Waals surface area contributed by atoms with Crippen molar-refractivity contribution >= 4 is 18.1 Å². The first-order valence-electron chi connectivity index (χ1n) is 5.29. The summed E-state index contributed by atoms with van der Waals surface area (Å²) in [5, 5.41) is 2.69. The summed E-state index contributed by atoms with van der Waals surface area (Å²) >= 11 is 0. The zero-order valence-electron chi connectivity index (χ0n) is 11.0. The molecule has 0 saturated heterocycles. The van der Waals surface area contributed by atoms with Gasteiger partial charge < -0.3 is 15.0 Å². The fourth-order valence-electron chi connectivity index (χ4n) is 1.04. The van der Waals surface area contributed by atoms with Gasteiger partial charge in [0.05, 0.1) is 7.11 Å². The van der Waals surface area contributed by atoms with E-state index in [9.17, 15) is 9.59 Å². The van der Waals surface area contributed by atoms with Crippen LogP contribution in [-0.4, -0.2) is 62.7 Å². The quantitative estimate of drug-likeness (QED) is 0.574. The van der Waals surface area contributed by atoms with Crippen LogP contribution in [0.15, 0.2) is 4.99 Å². The maximum Gasteiger partial charge on any atom is 0.436 e. The van der Waals surface area contributed by atoms with E-state index < -0.39 is 6.09 Å². The van der Waals surface area contributed by atoms with Crippen LogP contribution in [-0.2, 0) is 4.74 Å². The number of nitrogens with zero attached hydrogens (tertiary/aromatic N) is 3. The number of rotatable bonds is 2. The predicted octanol–water partition coefficient (Wildman–Crippen LogP) is 0.722. The molecule has 1 N–H and O–H groups in total. The maximum absolute atomic E-state index is 11.7. The number of carbonyl (C=O) groups excluding carboxylic acids is 2. The zero-order valence-corrected chi connectivity index (χ0v) is 11.0. The van der Waals surface area contributed by atoms with Crippen molar-refractivity contribution in [2.75, 3.05) is 34.8 Å². The Labute approximate surface area is 101 Å². The molecule has 0 fully saturated rings. The molecule has 0 aromatic heterocycles. The van der Waals surface area contributed by atoms with Gasteiger partial charge in [-0.25, -0.2) is 9.59 Å². The summed E-state index contributed by atoms with van der Waals surface area (Å²) < 4.78 is 4.43. The molecule has 0 aliphatic rings. The van der Waals surface area contributed by atoms with Gasteiger partial charge in [0.2, 0.25) is 5.96 Å². The zero-order chi connectivity index (χ0) is 13.4. The number of guanidine groups is 1. The molecule has 0 rings (SSSR count). The molecule has 0 aromatic carbocycles. The van der Waals surface area contributed by atoms with Crippen LogP contribution >= 0.6 is 0 Å². The summed E-state index contributed by atoms with van der Waals surface area (Å²) in [6.07, 6.45) is 0.0919. The van der Waals surface area contributed by atoms with Crippen molar-refractivity contribution in [3.8, 4) is 0 Å². The number of aliphatic imine (C=N–C) groups is 1. The minimum atomic E-state index is -0.746. The number of urea groups is 1. The molecule has 0 heterocycles. The summed E-state index contributed by atoms with van der Waals surface area (Å²) in [6.45, 7) is 2.53. The summed E-state index contributed by atoms with van der Waals surface area (Å²) in [5.41, 5.74) is 0. The van der Waals surface area contributed by atoms with E-state index in [-0.39, 0.29) is 12.0 Å². The molecular weight excluding hydrogens is 224 g/mol. The van der Waals surface area contributed by atoms with Crippen molar-refractivity contribution in [2.45, 2.75) is 13.3 Å². The van der Waals surface area contributed by atoms with Gasteiger partial charge in [-0.2, -0.15) is 0 Å². The van der Waals surface area contributed by atoms with Crippen molar-refractivity contribution in [2.24, 2.45) is 4.99 Å². The standard InChI is InChI=1S/C10H20N4O3/c1-6-7-11-9(15)14(4)8(13(2)3)12-10(16)17-5/h6-7H2,1-5H3,(H,11,15). The van der Waals surface area contributed by atoms with Crippen LogP contribution in [0, 0.1) is 0 Å². The van der Waals surface area contributed by atoms with Crippen LogP contribution in [0.5, 0.6) is 0 Å². The Bertz CT molecular complexity index is 302. The molecule has 0 atom stereocenters. The molecule has 98 valence electrons. The van der Waals surface area contributed by atoms with Crippen molar-refractivity contribution < 1.29 is 14.3 Å². The number of hydrogen-bond donors (Lipinski definition) is 1. The Morgan fingerprint density at radius 3 is 2.29 bits per heavy atom. The first kappa shape index (κ1) is 15.2. The van der Waals surface area contributed by atoms with Crippen LogP contribution in [0.4, 0.5) is 9.59 Å². The van der Waals surface area contributed by atoms with Crippen molar-refractivity contribution in [3.05, 3.63) is 0 Å². The van der Waals surface area contributed by atoms with Gasteiger partial charge in [-0.3, -0.25) is 4.90 Å². The Hall–Kier alpha value is -1.79. The SMILES string of the molecule is CCCNC(=O)N(C)C(=NC(=O)OC)N(C)C. The van der Waals surface area contributed by atoms with Gasteiger partial charge in [0.25, 0.3) is 0 Å². The highest BCUT2D eigenvalue weighted by molar-refractivity contribution is 5.99. The van der Waals surface area contributed by atoms with Gasteiger partial charge in [0.1, 0.15) is 0 Å². The third-order valence-corrected chi connectivity index (χ3v) is 1.90. The Morgan fingerprint density at radius 1 is 1.29 bits per heavy atom. The van der Waals surface area contributed by atoms with Crippen molar-refractivity contribution in [1.82, 2.24) is 15.1 Å². The Kier molecular flexibility index (Phi) is 6.69. The van der Waals surface area contributed by atoms with Gasteiger partial charge in [-0.15, -0.1) is 4.99 Å². The van der Waals surface area contributed by atoms with E-state index in [2.05, 4.69) is 15.0 Å². The summed E-state index contributed by atoms with van der Waals surface area (Å²) in [6, 6.07) is -0.316. The molecular formula is C10H20N4O3. The Balaban J connectivity index is 4.77. The summed E-state index contributed by atoms with van der Waals surface area (Å²) in [7, 11) is 6.14. The normalized spacial score (nSPS) is 10.8. The summed E-state index contributed by atoms with van der Waals surface area (Å²) in [4.78, 5) is 29.2. The minimum absolute atomic E-state index is 0.213. The lowest BCUT2D eigenvalue weighted by atomic mass is 10.5.